The van der Waals surface area contributed by atoms with Crippen molar-refractivity contribution in [2.45, 2.75) is 33.2 Å². The molecule has 20 heavy (non-hydrogen) atoms. The van der Waals surface area contributed by atoms with Crippen LogP contribution in [0, 0.1) is 19.7 Å². The number of hydrogen-bond donors (Lipinski definition) is 1. The molecule has 0 spiro atoms. The van der Waals surface area contributed by atoms with Crippen LogP contribution in [0.5, 0.6) is 0 Å². The van der Waals surface area contributed by atoms with Gasteiger partial charge in [0.05, 0.1) is 0 Å². The highest BCUT2D eigenvalue weighted by atomic mass is 19.1. The molecule has 0 saturated carbocycles. The maximum atomic E-state index is 13.0. The molecule has 0 aliphatic rings. The predicted octanol–water partition coefficient (Wildman–Crippen LogP) is 4.34. The number of benzene rings is 2. The lowest BCUT2D eigenvalue weighted by atomic mass is 9.91. The van der Waals surface area contributed by atoms with Crippen molar-refractivity contribution in [1.82, 2.24) is 5.32 Å². The Bertz CT molecular complexity index is 540. The van der Waals surface area contributed by atoms with Crippen LogP contribution in [-0.2, 0) is 6.42 Å². The van der Waals surface area contributed by atoms with Crippen LogP contribution >= 0.6 is 0 Å². The lowest BCUT2D eigenvalue weighted by molar-refractivity contribution is 0.544. The Kier molecular flexibility index (Phi) is 4.91. The molecule has 106 valence electrons. The maximum absolute atomic E-state index is 13.0. The van der Waals surface area contributed by atoms with Crippen LogP contribution in [0.2, 0.25) is 0 Å². The average Bonchev–Trinajstić information content (AvgIpc) is 2.41. The van der Waals surface area contributed by atoms with E-state index in [1.165, 1.54) is 28.8 Å². The van der Waals surface area contributed by atoms with E-state index in [4.69, 9.17) is 0 Å². The third kappa shape index (κ3) is 3.45. The summed E-state index contributed by atoms with van der Waals surface area (Å²) in [6, 6.07) is 13.5. The van der Waals surface area contributed by atoms with Gasteiger partial charge in [-0.1, -0.05) is 37.3 Å². The lowest BCUT2D eigenvalue weighted by Gasteiger charge is -2.22. The van der Waals surface area contributed by atoms with E-state index < -0.39 is 0 Å². The minimum absolute atomic E-state index is 0.180. The van der Waals surface area contributed by atoms with Crippen molar-refractivity contribution in [2.75, 3.05) is 6.54 Å². The first-order valence-electron chi connectivity index (χ1n) is 7.15. The summed E-state index contributed by atoms with van der Waals surface area (Å²) in [5.41, 5.74) is 5.12. The molecule has 2 heteroatoms. The van der Waals surface area contributed by atoms with Gasteiger partial charge in [0.2, 0.25) is 0 Å². The van der Waals surface area contributed by atoms with E-state index in [1.807, 2.05) is 12.1 Å². The zero-order valence-corrected chi connectivity index (χ0v) is 12.4. The molecule has 0 saturated heterocycles. The molecule has 0 aromatic heterocycles. The maximum Gasteiger partial charge on any atom is 0.123 e. The largest absolute Gasteiger partial charge is 0.310 e. The van der Waals surface area contributed by atoms with Crippen LogP contribution < -0.4 is 5.32 Å². The van der Waals surface area contributed by atoms with Gasteiger partial charge < -0.3 is 5.32 Å². The molecule has 1 unspecified atom stereocenters. The molecular formula is C18H22FN. The summed E-state index contributed by atoms with van der Waals surface area (Å²) < 4.78 is 13.0. The first kappa shape index (κ1) is 14.7. The number of halogens is 1. The zero-order chi connectivity index (χ0) is 14.5. The van der Waals surface area contributed by atoms with E-state index in [1.54, 1.807) is 0 Å². The van der Waals surface area contributed by atoms with Crippen molar-refractivity contribution in [1.29, 1.82) is 0 Å². The first-order chi connectivity index (χ1) is 9.61. The third-order valence-corrected chi connectivity index (χ3v) is 3.69. The number of aryl methyl sites for hydroxylation is 2. The van der Waals surface area contributed by atoms with Crippen molar-refractivity contribution in [2.24, 2.45) is 0 Å². The van der Waals surface area contributed by atoms with Crippen LogP contribution in [0.3, 0.4) is 0 Å². The summed E-state index contributed by atoms with van der Waals surface area (Å²) in [5, 5.41) is 3.55. The molecule has 1 atom stereocenters. The van der Waals surface area contributed by atoms with E-state index >= 15 is 0 Å². The van der Waals surface area contributed by atoms with Crippen molar-refractivity contribution in [3.63, 3.8) is 0 Å². The van der Waals surface area contributed by atoms with E-state index in [-0.39, 0.29) is 11.9 Å². The van der Waals surface area contributed by atoms with Crippen LogP contribution in [-0.4, -0.2) is 6.54 Å². The predicted molar refractivity (Wildman–Crippen MR) is 82.4 cm³/mol. The van der Waals surface area contributed by atoms with Gasteiger partial charge in [0.25, 0.3) is 0 Å². The van der Waals surface area contributed by atoms with Crippen molar-refractivity contribution in [3.05, 3.63) is 70.5 Å². The molecule has 0 amide bonds. The fraction of sp³-hybridized carbons (Fsp3) is 0.333. The molecule has 2 aromatic carbocycles. The molecule has 1 N–H and O–H groups in total. The van der Waals surface area contributed by atoms with Gasteiger partial charge in [-0.15, -0.1) is 0 Å². The smallest absolute Gasteiger partial charge is 0.123 e. The topological polar surface area (TPSA) is 12.0 Å². The summed E-state index contributed by atoms with van der Waals surface area (Å²) in [6.07, 6.45) is 0.875. The lowest BCUT2D eigenvalue weighted by Crippen LogP contribution is -2.24. The van der Waals surface area contributed by atoms with Gasteiger partial charge in [0.15, 0.2) is 0 Å². The van der Waals surface area contributed by atoms with E-state index in [0.29, 0.717) is 0 Å². The highest BCUT2D eigenvalue weighted by Gasteiger charge is 2.15. The van der Waals surface area contributed by atoms with Crippen molar-refractivity contribution >= 4 is 0 Å². The van der Waals surface area contributed by atoms with Gasteiger partial charge in [-0.2, -0.15) is 0 Å². The van der Waals surface area contributed by atoms with E-state index in [2.05, 4.69) is 44.3 Å². The molecular weight excluding hydrogens is 249 g/mol. The minimum atomic E-state index is -0.180. The summed E-state index contributed by atoms with van der Waals surface area (Å²) in [4.78, 5) is 0. The molecule has 1 nitrogen and oxygen atoms in total. The van der Waals surface area contributed by atoms with Crippen molar-refractivity contribution < 1.29 is 4.39 Å². The van der Waals surface area contributed by atoms with Crippen molar-refractivity contribution in [3.8, 4) is 0 Å². The Hall–Kier alpha value is -1.67. The zero-order valence-electron chi connectivity index (χ0n) is 12.4. The Morgan fingerprint density at radius 1 is 1.00 bits per heavy atom. The SMILES string of the molecule is CCNC(Cc1ccc(F)cc1)c1c(C)cccc1C. The summed E-state index contributed by atoms with van der Waals surface area (Å²) >= 11 is 0. The monoisotopic (exact) mass is 271 g/mol. The average molecular weight is 271 g/mol. The molecule has 0 heterocycles. The molecule has 0 aliphatic heterocycles. The molecule has 0 bridgehead atoms. The van der Waals surface area contributed by atoms with Gasteiger partial charge in [-0.25, -0.2) is 4.39 Å². The quantitative estimate of drug-likeness (QED) is 0.853. The van der Waals surface area contributed by atoms with Gasteiger partial charge >= 0.3 is 0 Å². The highest BCUT2D eigenvalue weighted by Crippen LogP contribution is 2.25. The van der Waals surface area contributed by atoms with Gasteiger partial charge in [0, 0.05) is 6.04 Å². The molecule has 0 radical (unpaired) electrons. The molecule has 2 rings (SSSR count). The second kappa shape index (κ2) is 6.67. The summed E-state index contributed by atoms with van der Waals surface area (Å²) in [7, 11) is 0. The van der Waals surface area contributed by atoms with Crippen LogP contribution in [0.4, 0.5) is 4.39 Å². The standard InChI is InChI=1S/C18H22FN/c1-4-20-17(12-15-8-10-16(19)11-9-15)18-13(2)6-5-7-14(18)3/h5-11,17,20H,4,12H2,1-3H3. The van der Waals surface area contributed by atoms with Crippen LogP contribution in [0.1, 0.15) is 35.2 Å². The second-order valence-corrected chi connectivity index (χ2v) is 5.25. The second-order valence-electron chi connectivity index (χ2n) is 5.25. The Labute approximate surface area is 120 Å². The first-order valence-corrected chi connectivity index (χ1v) is 7.15. The highest BCUT2D eigenvalue weighted by molar-refractivity contribution is 5.37. The number of nitrogens with one attached hydrogen (secondary N) is 1. The van der Waals surface area contributed by atoms with Gasteiger partial charge in [-0.05, 0) is 61.2 Å². The Morgan fingerprint density at radius 2 is 1.60 bits per heavy atom. The molecule has 2 aromatic rings. The minimum Gasteiger partial charge on any atom is -0.310 e. The van der Waals surface area contributed by atoms with E-state index in [0.717, 1.165) is 18.5 Å². The number of likely N-dealkylation sites (N-methyl/N-ethyl adjacent to an activating group) is 1. The van der Waals surface area contributed by atoms with Gasteiger partial charge in [-0.3, -0.25) is 0 Å². The number of hydrogen-bond acceptors (Lipinski definition) is 1. The Balaban J connectivity index is 2.29. The molecule has 0 fully saturated rings. The Morgan fingerprint density at radius 3 is 2.15 bits per heavy atom. The van der Waals surface area contributed by atoms with E-state index in [9.17, 15) is 4.39 Å². The van der Waals surface area contributed by atoms with Gasteiger partial charge in [0.1, 0.15) is 5.82 Å². The number of rotatable bonds is 5. The molecule has 0 aliphatic carbocycles. The summed E-state index contributed by atoms with van der Waals surface area (Å²) in [5.74, 6) is -0.180. The normalized spacial score (nSPS) is 12.4. The van der Waals surface area contributed by atoms with Crippen LogP contribution in [0.15, 0.2) is 42.5 Å². The fourth-order valence-corrected chi connectivity index (χ4v) is 2.76. The summed E-state index contributed by atoms with van der Waals surface area (Å²) in [6.45, 7) is 7.33. The van der Waals surface area contributed by atoms with Crippen LogP contribution in [0.25, 0.3) is 0 Å². The fourth-order valence-electron chi connectivity index (χ4n) is 2.76. The third-order valence-electron chi connectivity index (χ3n) is 3.69.